The minimum absolute atomic E-state index is 0.218. The van der Waals surface area contributed by atoms with Crippen LogP contribution in [0.15, 0.2) is 66.1 Å². The summed E-state index contributed by atoms with van der Waals surface area (Å²) in [7, 11) is -3.75. The number of nitrogens with zero attached hydrogens (tertiary/aromatic N) is 3. The molecule has 0 spiro atoms. The highest BCUT2D eigenvalue weighted by atomic mass is 32.2. The summed E-state index contributed by atoms with van der Waals surface area (Å²) in [5, 5.41) is 5.17. The number of aromatic nitrogens is 2. The van der Waals surface area contributed by atoms with E-state index in [4.69, 9.17) is 0 Å². The second kappa shape index (κ2) is 10.1. The van der Waals surface area contributed by atoms with Gasteiger partial charge in [0.25, 0.3) is 10.0 Å². The van der Waals surface area contributed by atoms with Gasteiger partial charge < -0.3 is 15.2 Å². The number of anilines is 2. The summed E-state index contributed by atoms with van der Waals surface area (Å²) < 4.78 is 29.9. The van der Waals surface area contributed by atoms with Gasteiger partial charge >= 0.3 is 11.8 Å². The minimum Gasteiger partial charge on any atom is -0.348 e. The molecule has 2 heterocycles. The number of benzene rings is 2. The van der Waals surface area contributed by atoms with Gasteiger partial charge in [-0.1, -0.05) is 23.8 Å². The van der Waals surface area contributed by atoms with Crippen molar-refractivity contribution < 1.29 is 18.0 Å². The number of imidazole rings is 1. The molecule has 0 atom stereocenters. The average molecular weight is 482 g/mol. The van der Waals surface area contributed by atoms with E-state index in [1.165, 1.54) is 4.31 Å². The molecule has 0 unspecified atom stereocenters. The van der Waals surface area contributed by atoms with Gasteiger partial charge in [0.15, 0.2) is 0 Å². The summed E-state index contributed by atoms with van der Waals surface area (Å²) in [6, 6.07) is 11.8. The lowest BCUT2D eigenvalue weighted by atomic mass is 10.0. The maximum absolute atomic E-state index is 13.3. The van der Waals surface area contributed by atoms with Gasteiger partial charge in [0.1, 0.15) is 0 Å². The third-order valence-corrected chi connectivity index (χ3v) is 7.50. The topological polar surface area (TPSA) is 113 Å². The zero-order valence-corrected chi connectivity index (χ0v) is 19.7. The van der Waals surface area contributed by atoms with Crippen LogP contribution in [0.25, 0.3) is 0 Å². The van der Waals surface area contributed by atoms with Crippen LogP contribution < -0.4 is 14.9 Å². The Bertz CT molecular complexity index is 1270. The van der Waals surface area contributed by atoms with Crippen LogP contribution in [0.3, 0.4) is 0 Å². The van der Waals surface area contributed by atoms with Gasteiger partial charge in [0.05, 0.1) is 16.9 Å². The van der Waals surface area contributed by atoms with E-state index in [0.717, 1.165) is 17.5 Å². The highest BCUT2D eigenvalue weighted by Gasteiger charge is 2.29. The van der Waals surface area contributed by atoms with Crippen molar-refractivity contribution in [2.24, 2.45) is 0 Å². The van der Waals surface area contributed by atoms with Crippen LogP contribution in [0.2, 0.25) is 0 Å². The number of fused-ring (bicyclic) bond motifs is 1. The Labute approximate surface area is 198 Å². The summed E-state index contributed by atoms with van der Waals surface area (Å²) in [4.78, 5) is 28.7. The molecule has 0 radical (unpaired) electrons. The fourth-order valence-corrected chi connectivity index (χ4v) is 5.39. The first-order valence-corrected chi connectivity index (χ1v) is 12.6. The first-order chi connectivity index (χ1) is 16.3. The van der Waals surface area contributed by atoms with Crippen molar-refractivity contribution in [1.82, 2.24) is 14.9 Å². The van der Waals surface area contributed by atoms with Crippen LogP contribution in [0.1, 0.15) is 24.0 Å². The Kier molecular flexibility index (Phi) is 6.97. The summed E-state index contributed by atoms with van der Waals surface area (Å²) in [5.41, 5.74) is 2.74. The van der Waals surface area contributed by atoms with Crippen molar-refractivity contribution in [2.75, 3.05) is 22.7 Å². The molecular formula is C24H27N5O4S. The minimum atomic E-state index is -3.75. The lowest BCUT2D eigenvalue weighted by Gasteiger charge is -2.31. The van der Waals surface area contributed by atoms with Crippen molar-refractivity contribution in [2.45, 2.75) is 37.6 Å². The van der Waals surface area contributed by atoms with E-state index in [1.54, 1.807) is 55.0 Å². The van der Waals surface area contributed by atoms with Gasteiger partial charge in [-0.05, 0) is 56.0 Å². The maximum Gasteiger partial charge on any atom is 0.313 e. The number of amides is 2. The Morgan fingerprint density at radius 2 is 1.88 bits per heavy atom. The lowest BCUT2D eigenvalue weighted by molar-refractivity contribution is -0.136. The molecule has 2 amide bonds. The van der Waals surface area contributed by atoms with Crippen molar-refractivity contribution in [3.8, 4) is 0 Å². The Morgan fingerprint density at radius 1 is 1.09 bits per heavy atom. The highest BCUT2D eigenvalue weighted by molar-refractivity contribution is 7.92. The van der Waals surface area contributed by atoms with E-state index < -0.39 is 21.8 Å². The molecule has 9 nitrogen and oxygen atoms in total. The van der Waals surface area contributed by atoms with E-state index >= 15 is 0 Å². The number of hydrogen-bond acceptors (Lipinski definition) is 5. The molecule has 1 aliphatic heterocycles. The number of rotatable bonds is 7. The summed E-state index contributed by atoms with van der Waals surface area (Å²) >= 11 is 0. The van der Waals surface area contributed by atoms with E-state index in [2.05, 4.69) is 15.6 Å². The molecule has 0 saturated heterocycles. The zero-order valence-electron chi connectivity index (χ0n) is 18.9. The van der Waals surface area contributed by atoms with Gasteiger partial charge in [-0.2, -0.15) is 0 Å². The molecule has 1 aromatic heterocycles. The largest absolute Gasteiger partial charge is 0.348 e. The first-order valence-electron chi connectivity index (χ1n) is 11.1. The molecule has 0 saturated carbocycles. The zero-order chi connectivity index (χ0) is 24.1. The van der Waals surface area contributed by atoms with Crippen LogP contribution in [0.4, 0.5) is 11.4 Å². The molecular weight excluding hydrogens is 454 g/mol. The predicted octanol–water partition coefficient (Wildman–Crippen LogP) is 2.48. The van der Waals surface area contributed by atoms with Crippen molar-refractivity contribution in [1.29, 1.82) is 0 Å². The SMILES string of the molecule is Cc1ccc(S(=O)(=O)N2CCCc3ccc(NC(=O)C(=O)NCCCn4ccnc4)cc32)cc1. The Hall–Kier alpha value is -3.66. The highest BCUT2D eigenvalue weighted by Crippen LogP contribution is 2.34. The van der Waals surface area contributed by atoms with Crippen LogP contribution in [-0.2, 0) is 32.6 Å². The third-order valence-electron chi connectivity index (χ3n) is 5.67. The summed E-state index contributed by atoms with van der Waals surface area (Å²) in [5.74, 6) is -1.54. The van der Waals surface area contributed by atoms with Crippen LogP contribution in [0.5, 0.6) is 0 Å². The molecule has 0 fully saturated rings. The van der Waals surface area contributed by atoms with Crippen LogP contribution in [-0.4, -0.2) is 42.9 Å². The monoisotopic (exact) mass is 481 g/mol. The number of nitrogens with one attached hydrogen (secondary N) is 2. The predicted molar refractivity (Wildman–Crippen MR) is 129 cm³/mol. The molecule has 2 aromatic carbocycles. The number of sulfonamides is 1. The van der Waals surface area contributed by atoms with Gasteiger partial charge in [0.2, 0.25) is 0 Å². The van der Waals surface area contributed by atoms with E-state index in [-0.39, 0.29) is 4.90 Å². The summed E-state index contributed by atoms with van der Waals surface area (Å²) in [6.07, 6.45) is 7.28. The molecule has 2 N–H and O–H groups in total. The van der Waals surface area contributed by atoms with E-state index in [1.807, 2.05) is 17.7 Å². The number of carbonyl (C=O) groups excluding carboxylic acids is 2. The van der Waals surface area contributed by atoms with Crippen molar-refractivity contribution in [3.63, 3.8) is 0 Å². The van der Waals surface area contributed by atoms with Crippen LogP contribution in [0, 0.1) is 6.92 Å². The molecule has 34 heavy (non-hydrogen) atoms. The molecule has 4 rings (SSSR count). The molecule has 1 aliphatic rings. The van der Waals surface area contributed by atoms with Gasteiger partial charge in [-0.3, -0.25) is 13.9 Å². The number of hydrogen-bond donors (Lipinski definition) is 2. The lowest BCUT2D eigenvalue weighted by Crippen LogP contribution is -2.37. The molecule has 3 aromatic rings. The van der Waals surface area contributed by atoms with Gasteiger partial charge in [-0.25, -0.2) is 13.4 Å². The maximum atomic E-state index is 13.3. The normalized spacial score (nSPS) is 13.3. The smallest absolute Gasteiger partial charge is 0.313 e. The molecule has 0 bridgehead atoms. The number of carbonyl (C=O) groups is 2. The van der Waals surface area contributed by atoms with Gasteiger partial charge in [-0.15, -0.1) is 0 Å². The second-order valence-corrected chi connectivity index (χ2v) is 10.1. The third kappa shape index (κ3) is 5.28. The standard InChI is InChI=1S/C24H27N5O4S/c1-18-5-9-21(10-6-18)34(32,33)29-14-2-4-19-7-8-20(16-22(19)29)27-24(31)23(30)26-11-3-13-28-15-12-25-17-28/h5-10,12,15-17H,2-4,11,13-14H2,1H3,(H,26,30)(H,27,31). The van der Waals surface area contributed by atoms with Crippen molar-refractivity contribution >= 4 is 33.2 Å². The molecule has 0 aliphatic carbocycles. The molecule has 178 valence electrons. The summed E-state index contributed by atoms with van der Waals surface area (Å²) in [6.45, 7) is 3.27. The molecule has 10 heteroatoms. The fraction of sp³-hybridized carbons (Fsp3) is 0.292. The Morgan fingerprint density at radius 3 is 2.62 bits per heavy atom. The fourth-order valence-electron chi connectivity index (χ4n) is 3.86. The van der Waals surface area contributed by atoms with E-state index in [0.29, 0.717) is 43.9 Å². The van der Waals surface area contributed by atoms with Gasteiger partial charge in [0, 0.05) is 37.7 Å². The second-order valence-electron chi connectivity index (χ2n) is 8.20. The van der Waals surface area contributed by atoms with E-state index in [9.17, 15) is 18.0 Å². The first kappa shape index (κ1) is 23.5. The average Bonchev–Trinajstić information content (AvgIpc) is 3.35. The quantitative estimate of drug-likeness (QED) is 0.398. The van der Waals surface area contributed by atoms with Crippen molar-refractivity contribution in [3.05, 3.63) is 72.3 Å². The number of aryl methyl sites for hydroxylation is 3. The Balaban J connectivity index is 1.43. The van der Waals surface area contributed by atoms with Crippen LogP contribution >= 0.6 is 0 Å².